The third-order valence-corrected chi connectivity index (χ3v) is 3.56. The molecule has 0 N–H and O–H groups in total. The van der Waals surface area contributed by atoms with Gasteiger partial charge in [-0.2, -0.15) is 0 Å². The summed E-state index contributed by atoms with van der Waals surface area (Å²) in [6, 6.07) is 7.72. The molecule has 20 heavy (non-hydrogen) atoms. The zero-order valence-electron chi connectivity index (χ0n) is 11.4. The number of carbonyl (C=O) groups excluding carboxylic acids is 1. The van der Waals surface area contributed by atoms with Gasteiger partial charge in [-0.3, -0.25) is 4.79 Å². The Morgan fingerprint density at radius 1 is 1.35 bits per heavy atom. The van der Waals surface area contributed by atoms with Gasteiger partial charge >= 0.3 is 0 Å². The molecule has 1 aliphatic carbocycles. The molecular formula is C14H17N5O. The van der Waals surface area contributed by atoms with Crippen molar-refractivity contribution in [3.8, 4) is 5.69 Å². The van der Waals surface area contributed by atoms with E-state index < -0.39 is 0 Å². The first-order valence-corrected chi connectivity index (χ1v) is 6.78. The molecule has 1 heterocycles. The number of carbonyl (C=O) groups is 1. The van der Waals surface area contributed by atoms with Crippen molar-refractivity contribution < 1.29 is 4.79 Å². The Labute approximate surface area is 117 Å². The number of rotatable bonds is 5. The fourth-order valence-corrected chi connectivity index (χ4v) is 2.15. The molecule has 0 radical (unpaired) electrons. The van der Waals surface area contributed by atoms with Crippen molar-refractivity contribution in [2.45, 2.75) is 19.3 Å². The SMILES string of the molecule is CN(CC1CC1)C(=O)Cc1ccc(-n2cnnn2)cc1. The summed E-state index contributed by atoms with van der Waals surface area (Å²) in [6.07, 6.45) is 4.51. The number of aromatic nitrogens is 4. The number of hydrogen-bond acceptors (Lipinski definition) is 4. The molecule has 0 aliphatic heterocycles. The zero-order chi connectivity index (χ0) is 13.9. The van der Waals surface area contributed by atoms with E-state index in [1.807, 2.05) is 36.2 Å². The molecule has 0 unspecified atom stereocenters. The van der Waals surface area contributed by atoms with E-state index in [0.717, 1.165) is 23.7 Å². The molecule has 0 saturated heterocycles. The van der Waals surface area contributed by atoms with Crippen molar-refractivity contribution in [2.24, 2.45) is 5.92 Å². The Bertz CT molecular complexity index is 574. The Hall–Kier alpha value is -2.24. The second-order valence-electron chi connectivity index (χ2n) is 5.32. The van der Waals surface area contributed by atoms with Crippen LogP contribution in [0.3, 0.4) is 0 Å². The minimum atomic E-state index is 0.173. The van der Waals surface area contributed by atoms with Crippen molar-refractivity contribution in [1.29, 1.82) is 0 Å². The summed E-state index contributed by atoms with van der Waals surface area (Å²) >= 11 is 0. The van der Waals surface area contributed by atoms with Gasteiger partial charge in [0, 0.05) is 13.6 Å². The van der Waals surface area contributed by atoms with Crippen LogP contribution in [0.2, 0.25) is 0 Å². The molecule has 0 atom stereocenters. The van der Waals surface area contributed by atoms with Crippen molar-refractivity contribution in [2.75, 3.05) is 13.6 Å². The van der Waals surface area contributed by atoms with Crippen LogP contribution in [-0.2, 0) is 11.2 Å². The van der Waals surface area contributed by atoms with Crippen molar-refractivity contribution in [3.05, 3.63) is 36.2 Å². The van der Waals surface area contributed by atoms with Gasteiger partial charge in [0.25, 0.3) is 0 Å². The molecule has 2 aromatic rings. The van der Waals surface area contributed by atoms with E-state index in [2.05, 4.69) is 15.5 Å². The molecule has 104 valence electrons. The van der Waals surface area contributed by atoms with E-state index in [1.54, 1.807) is 11.0 Å². The van der Waals surface area contributed by atoms with Crippen molar-refractivity contribution in [1.82, 2.24) is 25.1 Å². The lowest BCUT2D eigenvalue weighted by atomic mass is 10.1. The summed E-state index contributed by atoms with van der Waals surface area (Å²) in [6.45, 7) is 0.890. The van der Waals surface area contributed by atoms with Gasteiger partial charge in [0.05, 0.1) is 12.1 Å². The van der Waals surface area contributed by atoms with E-state index in [0.29, 0.717) is 6.42 Å². The third-order valence-electron chi connectivity index (χ3n) is 3.56. The summed E-state index contributed by atoms with van der Waals surface area (Å²) in [5, 5.41) is 11.0. The lowest BCUT2D eigenvalue weighted by molar-refractivity contribution is -0.129. The molecular weight excluding hydrogens is 254 g/mol. The number of nitrogens with zero attached hydrogens (tertiary/aromatic N) is 5. The van der Waals surface area contributed by atoms with E-state index in [-0.39, 0.29) is 5.91 Å². The molecule has 0 spiro atoms. The van der Waals surface area contributed by atoms with Gasteiger partial charge in [0.15, 0.2) is 0 Å². The Morgan fingerprint density at radius 3 is 2.70 bits per heavy atom. The van der Waals surface area contributed by atoms with E-state index in [9.17, 15) is 4.79 Å². The average Bonchev–Trinajstić information content (AvgIpc) is 3.10. The van der Waals surface area contributed by atoms with Crippen LogP contribution in [0.1, 0.15) is 18.4 Å². The number of benzene rings is 1. The van der Waals surface area contributed by atoms with Gasteiger partial charge in [-0.1, -0.05) is 12.1 Å². The van der Waals surface area contributed by atoms with Gasteiger partial charge in [-0.05, 0) is 46.9 Å². The first-order chi connectivity index (χ1) is 9.72. The Morgan fingerprint density at radius 2 is 2.10 bits per heavy atom. The first-order valence-electron chi connectivity index (χ1n) is 6.78. The maximum Gasteiger partial charge on any atom is 0.226 e. The van der Waals surface area contributed by atoms with Crippen LogP contribution in [0.5, 0.6) is 0 Å². The average molecular weight is 271 g/mol. The quantitative estimate of drug-likeness (QED) is 0.816. The highest BCUT2D eigenvalue weighted by Gasteiger charge is 2.24. The molecule has 6 heteroatoms. The molecule has 1 fully saturated rings. The Kier molecular flexibility index (Phi) is 3.45. The predicted octanol–water partition coefficient (Wildman–Crippen LogP) is 1.07. The largest absolute Gasteiger partial charge is 0.345 e. The lowest BCUT2D eigenvalue weighted by Gasteiger charge is -2.16. The zero-order valence-corrected chi connectivity index (χ0v) is 11.4. The number of likely N-dealkylation sites (N-methyl/N-ethyl adjacent to an activating group) is 1. The lowest BCUT2D eigenvalue weighted by Crippen LogP contribution is -2.30. The predicted molar refractivity (Wildman–Crippen MR) is 73.2 cm³/mol. The van der Waals surface area contributed by atoms with Crippen LogP contribution in [0.15, 0.2) is 30.6 Å². The van der Waals surface area contributed by atoms with E-state index >= 15 is 0 Å². The molecule has 1 aliphatic rings. The molecule has 1 aromatic heterocycles. The maximum absolute atomic E-state index is 12.1. The second-order valence-corrected chi connectivity index (χ2v) is 5.32. The fourth-order valence-electron chi connectivity index (χ4n) is 2.15. The summed E-state index contributed by atoms with van der Waals surface area (Å²) in [4.78, 5) is 13.9. The highest BCUT2D eigenvalue weighted by Crippen LogP contribution is 2.29. The number of amides is 1. The minimum Gasteiger partial charge on any atom is -0.345 e. The third kappa shape index (κ3) is 3.01. The molecule has 6 nitrogen and oxygen atoms in total. The van der Waals surface area contributed by atoms with E-state index in [1.165, 1.54) is 12.8 Å². The summed E-state index contributed by atoms with van der Waals surface area (Å²) in [7, 11) is 1.89. The smallest absolute Gasteiger partial charge is 0.226 e. The molecule has 3 rings (SSSR count). The summed E-state index contributed by atoms with van der Waals surface area (Å²) in [5.41, 5.74) is 1.90. The normalized spacial score (nSPS) is 14.2. The van der Waals surface area contributed by atoms with Crippen LogP contribution in [-0.4, -0.2) is 44.6 Å². The first kappa shape index (κ1) is 12.8. The van der Waals surface area contributed by atoms with Crippen molar-refractivity contribution in [3.63, 3.8) is 0 Å². The standard InChI is InChI=1S/C14H17N5O/c1-18(9-12-2-3-12)14(20)8-11-4-6-13(7-5-11)19-10-15-16-17-19/h4-7,10,12H,2-3,8-9H2,1H3. The van der Waals surface area contributed by atoms with Gasteiger partial charge in [0.1, 0.15) is 6.33 Å². The van der Waals surface area contributed by atoms with Crippen LogP contribution in [0, 0.1) is 5.92 Å². The molecule has 1 aromatic carbocycles. The van der Waals surface area contributed by atoms with Crippen LogP contribution >= 0.6 is 0 Å². The highest BCUT2D eigenvalue weighted by molar-refractivity contribution is 5.78. The number of tetrazole rings is 1. The van der Waals surface area contributed by atoms with Gasteiger partial charge in [-0.25, -0.2) is 4.68 Å². The molecule has 0 bridgehead atoms. The van der Waals surface area contributed by atoms with Crippen LogP contribution in [0.4, 0.5) is 0 Å². The molecule has 1 amide bonds. The topological polar surface area (TPSA) is 63.9 Å². The summed E-state index contributed by atoms with van der Waals surface area (Å²) in [5.74, 6) is 0.901. The highest BCUT2D eigenvalue weighted by atomic mass is 16.2. The van der Waals surface area contributed by atoms with Gasteiger partial charge in [0.2, 0.25) is 5.91 Å². The van der Waals surface area contributed by atoms with Gasteiger partial charge in [-0.15, -0.1) is 5.10 Å². The maximum atomic E-state index is 12.1. The molecule has 1 saturated carbocycles. The van der Waals surface area contributed by atoms with Crippen LogP contribution in [0.25, 0.3) is 5.69 Å². The fraction of sp³-hybridized carbons (Fsp3) is 0.429. The van der Waals surface area contributed by atoms with Gasteiger partial charge < -0.3 is 4.90 Å². The summed E-state index contributed by atoms with van der Waals surface area (Å²) < 4.78 is 1.59. The van der Waals surface area contributed by atoms with E-state index in [4.69, 9.17) is 0 Å². The van der Waals surface area contributed by atoms with Crippen molar-refractivity contribution >= 4 is 5.91 Å². The second kappa shape index (κ2) is 5.40. The number of hydrogen-bond donors (Lipinski definition) is 0. The monoisotopic (exact) mass is 271 g/mol. The Balaban J connectivity index is 1.61. The van der Waals surface area contributed by atoms with Crippen LogP contribution < -0.4 is 0 Å². The minimum absolute atomic E-state index is 0.173.